The van der Waals surface area contributed by atoms with Crippen LogP contribution in [-0.2, 0) is 10.4 Å². The Balaban J connectivity index is 1.60. The molecule has 2 aliphatic carbocycles. The van der Waals surface area contributed by atoms with E-state index in [1.807, 2.05) is 10.6 Å². The lowest BCUT2D eigenvalue weighted by Gasteiger charge is -2.38. The zero-order valence-corrected chi connectivity index (χ0v) is 16.1. The van der Waals surface area contributed by atoms with Gasteiger partial charge < -0.3 is 5.11 Å². The molecule has 0 radical (unpaired) electrons. The summed E-state index contributed by atoms with van der Waals surface area (Å²) in [5.41, 5.74) is -0.207. The standard InChI is InChI=1S/C20H27FN4O2/c1-19(2,27)15-8-7-14-17(23-15)25(13-5-4-6-13)18(22-14)24-16(26)9-12-10-20(3,21)11-12/h7-8,12-13,27H,4-6,9-11H2,1-3H3,(H,22,24,26). The first-order chi connectivity index (χ1) is 12.6. The van der Waals surface area contributed by atoms with E-state index in [1.54, 1.807) is 26.8 Å². The second-order valence-corrected chi connectivity index (χ2v) is 8.93. The summed E-state index contributed by atoms with van der Waals surface area (Å²) in [6.45, 7) is 4.99. The maximum Gasteiger partial charge on any atom is 0.226 e. The molecule has 0 aromatic carbocycles. The number of carbonyl (C=O) groups is 1. The van der Waals surface area contributed by atoms with Crippen molar-refractivity contribution in [2.45, 2.75) is 76.6 Å². The van der Waals surface area contributed by atoms with Crippen LogP contribution in [0.2, 0.25) is 0 Å². The largest absolute Gasteiger partial charge is 0.384 e. The summed E-state index contributed by atoms with van der Waals surface area (Å²) in [4.78, 5) is 21.7. The first-order valence-electron chi connectivity index (χ1n) is 9.73. The fourth-order valence-electron chi connectivity index (χ4n) is 4.12. The van der Waals surface area contributed by atoms with Crippen molar-refractivity contribution < 1.29 is 14.3 Å². The highest BCUT2D eigenvalue weighted by Crippen LogP contribution is 2.43. The van der Waals surface area contributed by atoms with Crippen LogP contribution < -0.4 is 5.32 Å². The molecule has 4 rings (SSSR count). The number of pyridine rings is 1. The summed E-state index contributed by atoms with van der Waals surface area (Å²) in [7, 11) is 0. The zero-order valence-electron chi connectivity index (χ0n) is 16.1. The van der Waals surface area contributed by atoms with Crippen molar-refractivity contribution in [2.75, 3.05) is 5.32 Å². The number of aliphatic hydroxyl groups is 1. The lowest BCUT2D eigenvalue weighted by atomic mass is 9.72. The lowest BCUT2D eigenvalue weighted by molar-refractivity contribution is -0.119. The fourth-order valence-corrected chi connectivity index (χ4v) is 4.12. The number of imidazole rings is 1. The topological polar surface area (TPSA) is 80.0 Å². The number of nitrogens with zero attached hydrogens (tertiary/aromatic N) is 3. The molecular formula is C20H27FN4O2. The Kier molecular flexibility index (Phi) is 4.25. The van der Waals surface area contributed by atoms with Crippen molar-refractivity contribution in [3.63, 3.8) is 0 Å². The number of carbonyl (C=O) groups excluding carboxylic acids is 1. The molecule has 0 unspecified atom stereocenters. The number of alkyl halides is 1. The van der Waals surface area contributed by atoms with E-state index in [9.17, 15) is 14.3 Å². The molecule has 27 heavy (non-hydrogen) atoms. The predicted molar refractivity (Wildman–Crippen MR) is 101 cm³/mol. The van der Waals surface area contributed by atoms with Gasteiger partial charge in [-0.1, -0.05) is 0 Å². The van der Waals surface area contributed by atoms with Crippen molar-refractivity contribution in [3.8, 4) is 0 Å². The summed E-state index contributed by atoms with van der Waals surface area (Å²) in [5.74, 6) is 0.470. The molecule has 2 aromatic heterocycles. The number of hydrogen-bond donors (Lipinski definition) is 2. The van der Waals surface area contributed by atoms with E-state index >= 15 is 0 Å². The van der Waals surface area contributed by atoms with E-state index in [0.29, 0.717) is 42.1 Å². The minimum absolute atomic E-state index is 0.0986. The predicted octanol–water partition coefficient (Wildman–Crippen LogP) is 3.85. The Bertz CT molecular complexity index is 872. The quantitative estimate of drug-likeness (QED) is 0.833. The zero-order chi connectivity index (χ0) is 19.4. The van der Waals surface area contributed by atoms with E-state index in [-0.39, 0.29) is 17.9 Å². The number of amides is 1. The smallest absolute Gasteiger partial charge is 0.226 e. The Morgan fingerprint density at radius 3 is 2.63 bits per heavy atom. The average molecular weight is 374 g/mol. The van der Waals surface area contributed by atoms with Crippen LogP contribution in [0.3, 0.4) is 0 Å². The molecule has 2 heterocycles. The van der Waals surface area contributed by atoms with Gasteiger partial charge in [0.05, 0.1) is 5.69 Å². The second-order valence-electron chi connectivity index (χ2n) is 8.93. The van der Waals surface area contributed by atoms with Gasteiger partial charge in [-0.25, -0.2) is 14.4 Å². The van der Waals surface area contributed by atoms with Crippen molar-refractivity contribution in [2.24, 2.45) is 5.92 Å². The van der Waals surface area contributed by atoms with Crippen LogP contribution in [0, 0.1) is 5.92 Å². The number of aromatic nitrogens is 3. The third-order valence-electron chi connectivity index (χ3n) is 5.76. The summed E-state index contributed by atoms with van der Waals surface area (Å²) in [6, 6.07) is 3.86. The molecular weight excluding hydrogens is 347 g/mol. The van der Waals surface area contributed by atoms with E-state index in [4.69, 9.17) is 0 Å². The summed E-state index contributed by atoms with van der Waals surface area (Å²) in [6.07, 6.45) is 4.37. The highest BCUT2D eigenvalue weighted by atomic mass is 19.1. The van der Waals surface area contributed by atoms with Gasteiger partial charge >= 0.3 is 0 Å². The van der Waals surface area contributed by atoms with Gasteiger partial charge in [-0.2, -0.15) is 0 Å². The molecule has 146 valence electrons. The van der Waals surface area contributed by atoms with Gasteiger partial charge in [0.2, 0.25) is 11.9 Å². The van der Waals surface area contributed by atoms with Crippen LogP contribution in [0.4, 0.5) is 10.3 Å². The number of hydrogen-bond acceptors (Lipinski definition) is 4. The number of anilines is 1. The molecule has 6 nitrogen and oxygen atoms in total. The van der Waals surface area contributed by atoms with Crippen molar-refractivity contribution in [1.82, 2.24) is 14.5 Å². The number of nitrogens with one attached hydrogen (secondary N) is 1. The highest BCUT2D eigenvalue weighted by Gasteiger charge is 2.41. The molecule has 0 aliphatic heterocycles. The maximum absolute atomic E-state index is 13.7. The van der Waals surface area contributed by atoms with E-state index < -0.39 is 11.3 Å². The van der Waals surface area contributed by atoms with Gasteiger partial charge in [0.1, 0.15) is 16.8 Å². The molecule has 2 aliphatic rings. The monoisotopic (exact) mass is 374 g/mol. The summed E-state index contributed by atoms with van der Waals surface area (Å²) in [5, 5.41) is 13.2. The second kappa shape index (κ2) is 6.26. The molecule has 0 saturated heterocycles. The lowest BCUT2D eigenvalue weighted by Crippen LogP contribution is -2.38. The molecule has 1 amide bonds. The third-order valence-corrected chi connectivity index (χ3v) is 5.76. The Morgan fingerprint density at radius 2 is 2.07 bits per heavy atom. The normalized spacial score (nSPS) is 25.9. The van der Waals surface area contributed by atoms with Gasteiger partial charge in [0.15, 0.2) is 5.65 Å². The summed E-state index contributed by atoms with van der Waals surface area (Å²) < 4.78 is 15.6. The number of halogens is 1. The SMILES string of the molecule is CC1(F)CC(CC(=O)Nc2nc3ccc(C(C)(C)O)nc3n2C2CCC2)C1. The van der Waals surface area contributed by atoms with Gasteiger partial charge in [-0.3, -0.25) is 14.7 Å². The molecule has 2 saturated carbocycles. The summed E-state index contributed by atoms with van der Waals surface area (Å²) >= 11 is 0. The molecule has 2 aromatic rings. The van der Waals surface area contributed by atoms with Crippen molar-refractivity contribution >= 4 is 23.0 Å². The van der Waals surface area contributed by atoms with Crippen LogP contribution in [0.15, 0.2) is 12.1 Å². The van der Waals surface area contributed by atoms with Gasteiger partial charge in [0.25, 0.3) is 0 Å². The Labute approximate surface area is 158 Å². The average Bonchev–Trinajstić information content (AvgIpc) is 2.80. The van der Waals surface area contributed by atoms with Gasteiger partial charge in [0, 0.05) is 12.5 Å². The minimum atomic E-state index is -1.12. The van der Waals surface area contributed by atoms with E-state index in [1.165, 1.54) is 0 Å². The third kappa shape index (κ3) is 3.57. The van der Waals surface area contributed by atoms with Crippen LogP contribution in [-0.4, -0.2) is 31.2 Å². The van der Waals surface area contributed by atoms with Crippen LogP contribution in [0.5, 0.6) is 0 Å². The molecule has 0 bridgehead atoms. The first-order valence-corrected chi connectivity index (χ1v) is 9.73. The Hall–Kier alpha value is -2.02. The highest BCUT2D eigenvalue weighted by molar-refractivity contribution is 5.91. The van der Waals surface area contributed by atoms with Gasteiger partial charge in [-0.05, 0) is 70.9 Å². The van der Waals surface area contributed by atoms with E-state index in [0.717, 1.165) is 19.3 Å². The van der Waals surface area contributed by atoms with Crippen LogP contribution >= 0.6 is 0 Å². The molecule has 0 atom stereocenters. The Morgan fingerprint density at radius 1 is 1.37 bits per heavy atom. The van der Waals surface area contributed by atoms with Crippen LogP contribution in [0.1, 0.15) is 71.0 Å². The number of fused-ring (bicyclic) bond motifs is 1. The first kappa shape index (κ1) is 18.3. The molecule has 2 N–H and O–H groups in total. The van der Waals surface area contributed by atoms with Gasteiger partial charge in [-0.15, -0.1) is 0 Å². The maximum atomic E-state index is 13.7. The molecule has 2 fully saturated rings. The number of rotatable bonds is 5. The van der Waals surface area contributed by atoms with E-state index in [2.05, 4.69) is 15.3 Å². The molecule has 7 heteroatoms. The van der Waals surface area contributed by atoms with Crippen LogP contribution in [0.25, 0.3) is 11.2 Å². The van der Waals surface area contributed by atoms with Crippen molar-refractivity contribution in [1.29, 1.82) is 0 Å². The fraction of sp³-hybridized carbons (Fsp3) is 0.650. The molecule has 0 spiro atoms. The minimum Gasteiger partial charge on any atom is -0.384 e. The van der Waals surface area contributed by atoms with Crippen molar-refractivity contribution in [3.05, 3.63) is 17.8 Å².